The molecule has 0 aliphatic carbocycles. The van der Waals surface area contributed by atoms with E-state index >= 15 is 0 Å². The van der Waals surface area contributed by atoms with Crippen LogP contribution in [-0.4, -0.2) is 43.6 Å². The molecule has 0 saturated carbocycles. The fraction of sp³-hybridized carbons (Fsp3) is 0.750. The van der Waals surface area contributed by atoms with Crippen LogP contribution < -0.4 is 0 Å². The van der Waals surface area contributed by atoms with Crippen LogP contribution >= 0.6 is 11.6 Å². The zero-order valence-corrected chi connectivity index (χ0v) is 7.39. The van der Waals surface area contributed by atoms with Crippen molar-refractivity contribution in [2.45, 2.75) is 0 Å². The molecule has 0 aromatic heterocycles. The molecule has 0 bridgehead atoms. The van der Waals surface area contributed by atoms with Gasteiger partial charge in [-0.25, -0.2) is 0 Å². The van der Waals surface area contributed by atoms with Gasteiger partial charge in [0.2, 0.25) is 0 Å². The fourth-order valence-corrected chi connectivity index (χ4v) is 1.20. The molecule has 0 amide bonds. The number of hydrogen-bond donors (Lipinski definition) is 0. The average Bonchev–Trinajstić information content (AvgIpc) is 2.07. The van der Waals surface area contributed by atoms with Crippen LogP contribution in [0, 0.1) is 0 Å². The van der Waals surface area contributed by atoms with E-state index in [1.165, 1.54) is 0 Å². The molecule has 0 N–H and O–H groups in total. The number of halogens is 1. The SMILES string of the molecule is ClC/C=C/CN1CCOCC1. The highest BCUT2D eigenvalue weighted by Crippen LogP contribution is 1.96. The first-order valence-corrected chi connectivity index (χ1v) is 4.48. The van der Waals surface area contributed by atoms with Gasteiger partial charge in [-0.2, -0.15) is 0 Å². The lowest BCUT2D eigenvalue weighted by Crippen LogP contribution is -2.36. The quantitative estimate of drug-likeness (QED) is 0.471. The smallest absolute Gasteiger partial charge is 0.0594 e. The summed E-state index contributed by atoms with van der Waals surface area (Å²) >= 11 is 5.49. The third kappa shape index (κ3) is 3.75. The van der Waals surface area contributed by atoms with E-state index in [2.05, 4.69) is 11.0 Å². The fourth-order valence-electron chi connectivity index (χ4n) is 1.07. The van der Waals surface area contributed by atoms with Gasteiger partial charge >= 0.3 is 0 Å². The molecule has 0 unspecified atom stereocenters. The number of nitrogens with zero attached hydrogens (tertiary/aromatic N) is 1. The molecule has 1 fully saturated rings. The Morgan fingerprint density at radius 3 is 2.64 bits per heavy atom. The number of morpholine rings is 1. The minimum Gasteiger partial charge on any atom is -0.379 e. The van der Waals surface area contributed by atoms with E-state index in [0.717, 1.165) is 32.8 Å². The van der Waals surface area contributed by atoms with Crippen LogP contribution in [0.5, 0.6) is 0 Å². The zero-order chi connectivity index (χ0) is 7.94. The first-order valence-electron chi connectivity index (χ1n) is 3.94. The molecule has 1 aliphatic heterocycles. The Balaban J connectivity index is 2.09. The molecule has 64 valence electrons. The van der Waals surface area contributed by atoms with Gasteiger partial charge in [-0.3, -0.25) is 4.90 Å². The van der Waals surface area contributed by atoms with Crippen LogP contribution in [0.3, 0.4) is 0 Å². The topological polar surface area (TPSA) is 12.5 Å². The second-order valence-corrected chi connectivity index (χ2v) is 2.85. The second-order valence-electron chi connectivity index (χ2n) is 2.54. The van der Waals surface area contributed by atoms with Crippen molar-refractivity contribution in [2.24, 2.45) is 0 Å². The molecule has 2 nitrogen and oxygen atoms in total. The Morgan fingerprint density at radius 1 is 1.27 bits per heavy atom. The van der Waals surface area contributed by atoms with Gasteiger partial charge in [-0.1, -0.05) is 12.2 Å². The molecule has 1 saturated heterocycles. The van der Waals surface area contributed by atoms with Gasteiger partial charge in [0.1, 0.15) is 0 Å². The molecule has 1 aliphatic rings. The Labute approximate surface area is 72.8 Å². The summed E-state index contributed by atoms with van der Waals surface area (Å²) in [6.07, 6.45) is 4.09. The first kappa shape index (κ1) is 9.04. The summed E-state index contributed by atoms with van der Waals surface area (Å²) in [6, 6.07) is 0. The summed E-state index contributed by atoms with van der Waals surface area (Å²) in [6.45, 7) is 4.85. The Kier molecular flexibility index (Phi) is 4.59. The van der Waals surface area contributed by atoms with E-state index in [4.69, 9.17) is 16.3 Å². The third-order valence-corrected chi connectivity index (χ3v) is 1.90. The van der Waals surface area contributed by atoms with Crippen molar-refractivity contribution in [3.05, 3.63) is 12.2 Å². The highest BCUT2D eigenvalue weighted by Gasteiger charge is 2.06. The number of allylic oxidation sites excluding steroid dienone is 1. The van der Waals surface area contributed by atoms with E-state index in [-0.39, 0.29) is 0 Å². The molecule has 1 heterocycles. The maximum Gasteiger partial charge on any atom is 0.0594 e. The lowest BCUT2D eigenvalue weighted by molar-refractivity contribution is 0.0434. The summed E-state index contributed by atoms with van der Waals surface area (Å²) in [5.74, 6) is 0.615. The molecule has 1 rings (SSSR count). The minimum absolute atomic E-state index is 0.615. The maximum absolute atomic E-state index is 5.49. The third-order valence-electron chi connectivity index (χ3n) is 1.72. The van der Waals surface area contributed by atoms with Gasteiger partial charge in [0, 0.05) is 25.5 Å². The summed E-state index contributed by atoms with van der Waals surface area (Å²) in [4.78, 5) is 2.35. The van der Waals surface area contributed by atoms with Crippen molar-refractivity contribution in [3.63, 3.8) is 0 Å². The van der Waals surface area contributed by atoms with Crippen LogP contribution in [0.4, 0.5) is 0 Å². The second kappa shape index (κ2) is 5.58. The van der Waals surface area contributed by atoms with Crippen molar-refractivity contribution in [1.29, 1.82) is 0 Å². The average molecular weight is 176 g/mol. The lowest BCUT2D eigenvalue weighted by atomic mass is 10.4. The Morgan fingerprint density at radius 2 is 2.00 bits per heavy atom. The van der Waals surface area contributed by atoms with Gasteiger partial charge in [0.05, 0.1) is 13.2 Å². The van der Waals surface area contributed by atoms with Gasteiger partial charge in [-0.05, 0) is 0 Å². The van der Waals surface area contributed by atoms with E-state index in [0.29, 0.717) is 5.88 Å². The molecule has 3 heteroatoms. The molecule has 0 radical (unpaired) electrons. The number of ether oxygens (including phenoxy) is 1. The van der Waals surface area contributed by atoms with Crippen molar-refractivity contribution >= 4 is 11.6 Å². The van der Waals surface area contributed by atoms with Crippen LogP contribution in [-0.2, 0) is 4.74 Å². The van der Waals surface area contributed by atoms with Gasteiger partial charge in [-0.15, -0.1) is 11.6 Å². The van der Waals surface area contributed by atoms with Crippen LogP contribution in [0.2, 0.25) is 0 Å². The summed E-state index contributed by atoms with van der Waals surface area (Å²) in [5, 5.41) is 0. The molecule has 0 aromatic rings. The van der Waals surface area contributed by atoms with Gasteiger partial charge in [0.25, 0.3) is 0 Å². The molecule has 0 spiro atoms. The summed E-state index contributed by atoms with van der Waals surface area (Å²) in [7, 11) is 0. The largest absolute Gasteiger partial charge is 0.379 e. The van der Waals surface area contributed by atoms with Crippen molar-refractivity contribution in [1.82, 2.24) is 4.90 Å². The van der Waals surface area contributed by atoms with E-state index in [1.54, 1.807) is 0 Å². The minimum atomic E-state index is 0.615. The molecule has 0 atom stereocenters. The standard InChI is InChI=1S/C8H14ClNO/c9-3-1-2-4-10-5-7-11-8-6-10/h1-2H,3-8H2/b2-1+. The molecule has 0 aromatic carbocycles. The van der Waals surface area contributed by atoms with Gasteiger partial charge in [0.15, 0.2) is 0 Å². The van der Waals surface area contributed by atoms with E-state index in [9.17, 15) is 0 Å². The molecule has 11 heavy (non-hydrogen) atoms. The van der Waals surface area contributed by atoms with Crippen molar-refractivity contribution in [3.8, 4) is 0 Å². The number of rotatable bonds is 3. The van der Waals surface area contributed by atoms with Crippen LogP contribution in [0.15, 0.2) is 12.2 Å². The lowest BCUT2D eigenvalue weighted by Gasteiger charge is -2.24. The highest BCUT2D eigenvalue weighted by atomic mass is 35.5. The normalized spacial score (nSPS) is 21.2. The monoisotopic (exact) mass is 175 g/mol. The van der Waals surface area contributed by atoms with Gasteiger partial charge < -0.3 is 4.74 Å². The molecular weight excluding hydrogens is 162 g/mol. The maximum atomic E-state index is 5.49. The van der Waals surface area contributed by atoms with Crippen LogP contribution in [0.25, 0.3) is 0 Å². The summed E-state index contributed by atoms with van der Waals surface area (Å²) in [5.41, 5.74) is 0. The van der Waals surface area contributed by atoms with Crippen LogP contribution in [0.1, 0.15) is 0 Å². The Bertz CT molecular complexity index is 121. The predicted octanol–water partition coefficient (Wildman–Crippen LogP) is 1.11. The number of hydrogen-bond acceptors (Lipinski definition) is 2. The van der Waals surface area contributed by atoms with E-state index in [1.807, 2.05) is 6.08 Å². The summed E-state index contributed by atoms with van der Waals surface area (Å²) < 4.78 is 5.21. The number of alkyl halides is 1. The zero-order valence-electron chi connectivity index (χ0n) is 6.63. The van der Waals surface area contributed by atoms with E-state index < -0.39 is 0 Å². The highest BCUT2D eigenvalue weighted by molar-refractivity contribution is 6.18. The Hall–Kier alpha value is -0.0500. The predicted molar refractivity (Wildman–Crippen MR) is 47.1 cm³/mol. The van der Waals surface area contributed by atoms with Crippen molar-refractivity contribution < 1.29 is 4.74 Å². The van der Waals surface area contributed by atoms with Crippen molar-refractivity contribution in [2.75, 3.05) is 38.7 Å². The first-order chi connectivity index (χ1) is 5.43. The molecular formula is C8H14ClNO.